The molecule has 3 aliphatic rings. The predicted octanol–water partition coefficient (Wildman–Crippen LogP) is 6.96. The number of esters is 1. The number of rotatable bonds is 5. The quantitative estimate of drug-likeness (QED) is 0.487. The molecule has 1 N–H and O–H groups in total. The number of imidazole rings is 1. The fraction of sp³-hybridized carbons (Fsp3) is 0.429. The van der Waals surface area contributed by atoms with Crippen LogP contribution in [0.25, 0.3) is 16.6 Å². The highest BCUT2D eigenvalue weighted by Crippen LogP contribution is 2.40. The van der Waals surface area contributed by atoms with Gasteiger partial charge in [0.1, 0.15) is 17.2 Å². The first-order chi connectivity index (χ1) is 16.5. The molecule has 6 heteroatoms. The average molecular weight is 465 g/mol. The van der Waals surface area contributed by atoms with Crippen LogP contribution in [0, 0.1) is 23.5 Å². The number of nitrogens with zero attached hydrogens (tertiary/aromatic N) is 1. The van der Waals surface area contributed by atoms with Crippen molar-refractivity contribution in [2.24, 2.45) is 11.8 Å². The van der Waals surface area contributed by atoms with Crippen molar-refractivity contribution in [1.29, 1.82) is 0 Å². The minimum Gasteiger partial charge on any atom is -0.469 e. The smallest absolute Gasteiger partial charge is 0.305 e. The van der Waals surface area contributed by atoms with E-state index >= 15 is 0 Å². The summed E-state index contributed by atoms with van der Waals surface area (Å²) in [6.45, 7) is 0. The van der Waals surface area contributed by atoms with Crippen LogP contribution >= 0.6 is 0 Å². The van der Waals surface area contributed by atoms with Crippen molar-refractivity contribution in [3.8, 4) is 0 Å². The van der Waals surface area contributed by atoms with Crippen LogP contribution in [0.3, 0.4) is 0 Å². The molecule has 0 saturated heterocycles. The van der Waals surface area contributed by atoms with Crippen LogP contribution in [-0.4, -0.2) is 23.0 Å². The van der Waals surface area contributed by atoms with Gasteiger partial charge in [-0.1, -0.05) is 29.9 Å². The Kier molecular flexibility index (Phi) is 6.48. The van der Waals surface area contributed by atoms with Gasteiger partial charge in [-0.15, -0.1) is 0 Å². The molecule has 0 spiro atoms. The Balaban J connectivity index is 1.24. The van der Waals surface area contributed by atoms with Gasteiger partial charge in [0.2, 0.25) is 0 Å². The topological polar surface area (TPSA) is 55.0 Å². The zero-order valence-corrected chi connectivity index (χ0v) is 19.5. The molecule has 4 nitrogen and oxygen atoms in total. The van der Waals surface area contributed by atoms with E-state index in [0.29, 0.717) is 29.6 Å². The molecule has 1 saturated carbocycles. The zero-order chi connectivity index (χ0) is 23.7. The molecule has 0 radical (unpaired) electrons. The van der Waals surface area contributed by atoms with Crippen molar-refractivity contribution >= 4 is 22.6 Å². The lowest BCUT2D eigenvalue weighted by Gasteiger charge is -2.31. The summed E-state index contributed by atoms with van der Waals surface area (Å²) >= 11 is 0. The predicted molar refractivity (Wildman–Crippen MR) is 129 cm³/mol. The first kappa shape index (κ1) is 22.8. The highest BCUT2D eigenvalue weighted by Gasteiger charge is 2.26. The molecule has 1 aromatic heterocycles. The number of benzene rings is 1. The Bertz CT molecular complexity index is 1230. The summed E-state index contributed by atoms with van der Waals surface area (Å²) in [5.74, 6) is 0.387. The number of allylic oxidation sites excluding steroid dienone is 8. The second-order valence-corrected chi connectivity index (χ2v) is 9.68. The maximum absolute atomic E-state index is 14.0. The standard InChI is InChI=1S/C28H30F2N2O2/c1-34-26(33)14-17-2-4-18(5-3-17)19-6-8-20(9-7-19)21-10-12-22(13-11-21)28-31-25-16-23(29)15-24(30)27(25)32-28/h6,8,10,12,15-18H,2-5,7,9,11,13-14H2,1H3,(H,31,32). The van der Waals surface area contributed by atoms with Gasteiger partial charge >= 0.3 is 5.97 Å². The summed E-state index contributed by atoms with van der Waals surface area (Å²) < 4.78 is 32.3. The molecule has 178 valence electrons. The van der Waals surface area contributed by atoms with E-state index in [1.54, 1.807) is 5.57 Å². The van der Waals surface area contributed by atoms with Crippen LogP contribution in [0.2, 0.25) is 0 Å². The normalized spacial score (nSPS) is 23.1. The van der Waals surface area contributed by atoms with E-state index in [-0.39, 0.29) is 11.5 Å². The highest BCUT2D eigenvalue weighted by atomic mass is 19.1. The van der Waals surface area contributed by atoms with Gasteiger partial charge in [-0.3, -0.25) is 4.79 Å². The number of carbonyl (C=O) groups is 1. The second-order valence-electron chi connectivity index (χ2n) is 9.68. The SMILES string of the molecule is COC(=O)CC1CCC(C2=CC=C(C3=CC=C(c4nc5cc(F)cc(F)c5[nH]4)CC3)CC2)CC1. The van der Waals surface area contributed by atoms with Crippen molar-refractivity contribution in [2.75, 3.05) is 7.11 Å². The monoisotopic (exact) mass is 464 g/mol. The van der Waals surface area contributed by atoms with Crippen LogP contribution in [-0.2, 0) is 9.53 Å². The van der Waals surface area contributed by atoms with Crippen LogP contribution < -0.4 is 0 Å². The molecular weight excluding hydrogens is 434 g/mol. The number of H-pyrrole nitrogens is 1. The van der Waals surface area contributed by atoms with Crippen molar-refractivity contribution in [2.45, 2.75) is 57.8 Å². The Morgan fingerprint density at radius 1 is 0.971 bits per heavy atom. The van der Waals surface area contributed by atoms with E-state index in [2.05, 4.69) is 28.2 Å². The molecule has 5 rings (SSSR count). The molecule has 0 bridgehead atoms. The van der Waals surface area contributed by atoms with Gasteiger partial charge in [-0.2, -0.15) is 0 Å². The zero-order valence-electron chi connectivity index (χ0n) is 19.5. The van der Waals surface area contributed by atoms with Crippen molar-refractivity contribution in [1.82, 2.24) is 9.97 Å². The lowest BCUT2D eigenvalue weighted by Crippen LogP contribution is -2.20. The van der Waals surface area contributed by atoms with Gasteiger partial charge in [-0.05, 0) is 79.9 Å². The number of methoxy groups -OCH3 is 1. The Morgan fingerprint density at radius 2 is 1.65 bits per heavy atom. The van der Waals surface area contributed by atoms with Crippen LogP contribution in [0.5, 0.6) is 0 Å². The fourth-order valence-corrected chi connectivity index (χ4v) is 5.61. The summed E-state index contributed by atoms with van der Waals surface area (Å²) in [7, 11) is 1.46. The molecule has 3 aliphatic carbocycles. The second kappa shape index (κ2) is 9.69. The molecule has 0 atom stereocenters. The number of fused-ring (bicyclic) bond motifs is 1. The van der Waals surface area contributed by atoms with Crippen LogP contribution in [0.15, 0.2) is 53.2 Å². The third-order valence-corrected chi connectivity index (χ3v) is 7.61. The highest BCUT2D eigenvalue weighted by molar-refractivity contribution is 5.80. The molecular formula is C28H30F2N2O2. The van der Waals surface area contributed by atoms with E-state index in [1.807, 2.05) is 6.08 Å². The number of halogens is 2. The third-order valence-electron chi connectivity index (χ3n) is 7.61. The van der Waals surface area contributed by atoms with Crippen molar-refractivity contribution in [3.05, 3.63) is 70.6 Å². The molecule has 2 aromatic rings. The first-order valence-electron chi connectivity index (χ1n) is 12.2. The van der Waals surface area contributed by atoms with Gasteiger partial charge in [0.05, 0.1) is 12.6 Å². The number of hydrogen-bond acceptors (Lipinski definition) is 3. The molecule has 1 heterocycles. The molecule has 0 amide bonds. The van der Waals surface area contributed by atoms with Gasteiger partial charge < -0.3 is 9.72 Å². The summed E-state index contributed by atoms with van der Waals surface area (Å²) in [6, 6.07) is 2.13. The molecule has 0 aliphatic heterocycles. The van der Waals surface area contributed by atoms with Crippen molar-refractivity contribution in [3.63, 3.8) is 0 Å². The summed E-state index contributed by atoms with van der Waals surface area (Å²) in [4.78, 5) is 18.9. The van der Waals surface area contributed by atoms with E-state index in [9.17, 15) is 13.6 Å². The lowest BCUT2D eigenvalue weighted by atomic mass is 9.74. The molecule has 0 unspecified atom stereocenters. The van der Waals surface area contributed by atoms with E-state index < -0.39 is 11.6 Å². The number of hydrogen-bond donors (Lipinski definition) is 1. The Labute approximate surface area is 198 Å². The number of aromatic nitrogens is 2. The molecule has 34 heavy (non-hydrogen) atoms. The third kappa shape index (κ3) is 4.77. The minimum absolute atomic E-state index is 0.0905. The van der Waals surface area contributed by atoms with Gasteiger partial charge in [0.15, 0.2) is 5.82 Å². The van der Waals surface area contributed by atoms with Gasteiger partial charge in [0, 0.05) is 18.6 Å². The van der Waals surface area contributed by atoms with Crippen LogP contribution in [0.1, 0.15) is 63.6 Å². The van der Waals surface area contributed by atoms with Gasteiger partial charge in [-0.25, -0.2) is 13.8 Å². The lowest BCUT2D eigenvalue weighted by molar-refractivity contribution is -0.142. The van der Waals surface area contributed by atoms with E-state index in [0.717, 1.165) is 63.0 Å². The average Bonchev–Trinajstić information content (AvgIpc) is 3.29. The summed E-state index contributed by atoms with van der Waals surface area (Å²) in [6.07, 6.45) is 17.7. The van der Waals surface area contributed by atoms with E-state index in [1.165, 1.54) is 24.3 Å². The largest absolute Gasteiger partial charge is 0.469 e. The Morgan fingerprint density at radius 3 is 2.29 bits per heavy atom. The number of aromatic amines is 1. The molecule has 1 fully saturated rings. The van der Waals surface area contributed by atoms with Crippen LogP contribution in [0.4, 0.5) is 8.78 Å². The number of carbonyl (C=O) groups excluding carboxylic acids is 1. The number of ether oxygens (including phenoxy) is 1. The molecule has 1 aromatic carbocycles. The first-order valence-corrected chi connectivity index (χ1v) is 12.2. The fourth-order valence-electron chi connectivity index (χ4n) is 5.61. The minimum atomic E-state index is -0.617. The Hall–Kier alpha value is -3.02. The maximum atomic E-state index is 14.0. The van der Waals surface area contributed by atoms with E-state index in [4.69, 9.17) is 4.74 Å². The summed E-state index contributed by atoms with van der Waals surface area (Å²) in [5, 5.41) is 0. The van der Waals surface area contributed by atoms with Crippen molar-refractivity contribution < 1.29 is 18.3 Å². The van der Waals surface area contributed by atoms with Gasteiger partial charge in [0.25, 0.3) is 0 Å². The summed E-state index contributed by atoms with van der Waals surface area (Å²) in [5.41, 5.74) is 5.85. The maximum Gasteiger partial charge on any atom is 0.305 e. The number of nitrogens with one attached hydrogen (secondary N) is 1.